The van der Waals surface area contributed by atoms with Crippen molar-refractivity contribution in [2.24, 2.45) is 5.92 Å². The molecule has 1 unspecified atom stereocenters. The van der Waals surface area contributed by atoms with Gasteiger partial charge in [-0.05, 0) is 12.5 Å². The van der Waals surface area contributed by atoms with Crippen LogP contribution in [0.4, 0.5) is 13.2 Å². The monoisotopic (exact) mass is 380 g/mol. The first-order chi connectivity index (χ1) is 11.7. The van der Waals surface area contributed by atoms with Crippen molar-refractivity contribution in [1.82, 2.24) is 0 Å². The lowest BCUT2D eigenvalue weighted by Gasteiger charge is -2.08. The van der Waals surface area contributed by atoms with Crippen LogP contribution in [0.15, 0.2) is 30.3 Å². The van der Waals surface area contributed by atoms with Crippen LogP contribution < -0.4 is 0 Å². The molecule has 0 amide bonds. The molecule has 0 bridgehead atoms. The zero-order chi connectivity index (χ0) is 18.8. The van der Waals surface area contributed by atoms with E-state index in [0.717, 1.165) is 5.56 Å². The molecule has 1 rings (SSSR count). The fraction of sp³-hybridized carbons (Fsp3) is 0.500. The molecule has 0 saturated heterocycles. The topological polar surface area (TPSA) is 61.8 Å². The summed E-state index contributed by atoms with van der Waals surface area (Å²) in [5, 5.41) is 0. The molecule has 1 aromatic rings. The molecule has 0 spiro atoms. The molecule has 25 heavy (non-hydrogen) atoms. The highest BCUT2D eigenvalue weighted by molar-refractivity contribution is 7.87. The van der Waals surface area contributed by atoms with E-state index in [2.05, 4.69) is 16.0 Å². The number of hydrogen-bond donors (Lipinski definition) is 0. The first-order valence-corrected chi connectivity index (χ1v) is 8.76. The summed E-state index contributed by atoms with van der Waals surface area (Å²) in [6.07, 6.45) is 0. The number of hydrogen-bond acceptors (Lipinski definition) is 5. The third-order valence-electron chi connectivity index (χ3n) is 2.75. The lowest BCUT2D eigenvalue weighted by molar-refractivity contribution is -0.0553. The maximum absolute atomic E-state index is 12.0. The van der Waals surface area contributed by atoms with Gasteiger partial charge in [-0.2, -0.15) is 21.6 Å². The van der Waals surface area contributed by atoms with Gasteiger partial charge in [0.2, 0.25) is 0 Å². The molecule has 0 aliphatic rings. The first-order valence-electron chi connectivity index (χ1n) is 7.36. The number of halogens is 3. The Morgan fingerprint density at radius 3 is 2.44 bits per heavy atom. The third-order valence-corrected chi connectivity index (χ3v) is 3.80. The van der Waals surface area contributed by atoms with Crippen LogP contribution in [0.5, 0.6) is 0 Å². The van der Waals surface area contributed by atoms with Crippen LogP contribution in [0.3, 0.4) is 0 Å². The van der Waals surface area contributed by atoms with Gasteiger partial charge < -0.3 is 9.47 Å². The summed E-state index contributed by atoms with van der Waals surface area (Å²) in [5.74, 6) is 5.50. The van der Waals surface area contributed by atoms with Crippen molar-refractivity contribution >= 4 is 10.1 Å². The van der Waals surface area contributed by atoms with E-state index in [4.69, 9.17) is 9.47 Å². The van der Waals surface area contributed by atoms with Crippen LogP contribution in [0.25, 0.3) is 0 Å². The van der Waals surface area contributed by atoms with Crippen LogP contribution in [0.2, 0.25) is 0 Å². The standard InChI is InChI=1S/C16H19F3O5S/c1-14(12-23-13-15-7-3-2-4-8-15)6-5-9-22-10-11-24-25(20,21)16(17,18)19/h2-4,7-8,14H,9-13H2,1H3. The van der Waals surface area contributed by atoms with Crippen molar-refractivity contribution in [2.75, 3.05) is 26.4 Å². The summed E-state index contributed by atoms with van der Waals surface area (Å²) in [6.45, 7) is 1.68. The van der Waals surface area contributed by atoms with Crippen LogP contribution in [0.1, 0.15) is 12.5 Å². The highest BCUT2D eigenvalue weighted by Gasteiger charge is 2.47. The summed E-state index contributed by atoms with van der Waals surface area (Å²) in [5.41, 5.74) is -4.37. The highest BCUT2D eigenvalue weighted by atomic mass is 32.2. The smallest absolute Gasteiger partial charge is 0.376 e. The van der Waals surface area contributed by atoms with Crippen molar-refractivity contribution in [2.45, 2.75) is 19.0 Å². The maximum atomic E-state index is 12.0. The molecule has 0 N–H and O–H groups in total. The van der Waals surface area contributed by atoms with Crippen molar-refractivity contribution < 1.29 is 35.2 Å². The van der Waals surface area contributed by atoms with E-state index in [0.29, 0.717) is 13.2 Å². The van der Waals surface area contributed by atoms with E-state index in [9.17, 15) is 21.6 Å². The molecule has 0 aliphatic carbocycles. The third kappa shape index (κ3) is 8.88. The fourth-order valence-electron chi connectivity index (χ4n) is 1.58. The Morgan fingerprint density at radius 1 is 1.12 bits per heavy atom. The van der Waals surface area contributed by atoms with Crippen molar-refractivity contribution in [3.63, 3.8) is 0 Å². The number of benzene rings is 1. The highest BCUT2D eigenvalue weighted by Crippen LogP contribution is 2.24. The van der Waals surface area contributed by atoms with Gasteiger partial charge in [-0.25, -0.2) is 0 Å². The second kappa shape index (κ2) is 10.4. The van der Waals surface area contributed by atoms with Gasteiger partial charge >= 0.3 is 15.6 Å². The summed E-state index contributed by atoms with van der Waals surface area (Å²) in [4.78, 5) is 0. The normalized spacial score (nSPS) is 13.1. The van der Waals surface area contributed by atoms with E-state index < -0.39 is 22.2 Å². The molecular weight excluding hydrogens is 361 g/mol. The van der Waals surface area contributed by atoms with Crippen LogP contribution in [-0.2, 0) is 30.4 Å². The van der Waals surface area contributed by atoms with Gasteiger partial charge in [0.25, 0.3) is 0 Å². The molecule has 9 heteroatoms. The minimum absolute atomic E-state index is 0.0432. The Hall–Kier alpha value is -1.60. The van der Waals surface area contributed by atoms with Crippen LogP contribution in [-0.4, -0.2) is 40.4 Å². The molecule has 1 atom stereocenters. The fourth-order valence-corrected chi connectivity index (χ4v) is 2.00. The molecule has 0 radical (unpaired) electrons. The van der Waals surface area contributed by atoms with Crippen molar-refractivity contribution in [3.8, 4) is 11.8 Å². The molecule has 0 fully saturated rings. The molecule has 1 aromatic carbocycles. The Labute approximate surface area is 145 Å². The Bertz CT molecular complexity index is 662. The number of alkyl halides is 3. The van der Waals surface area contributed by atoms with Gasteiger partial charge in [-0.1, -0.05) is 42.2 Å². The first kappa shape index (κ1) is 21.4. The molecule has 140 valence electrons. The number of rotatable bonds is 9. The minimum atomic E-state index is -5.57. The molecular formula is C16H19F3O5S. The summed E-state index contributed by atoms with van der Waals surface area (Å²) in [6, 6.07) is 9.66. The predicted molar refractivity (Wildman–Crippen MR) is 84.8 cm³/mol. The zero-order valence-corrected chi connectivity index (χ0v) is 14.4. The SMILES string of the molecule is CC(C#CCOCCOS(=O)(=O)C(F)(F)F)COCc1ccccc1. The van der Waals surface area contributed by atoms with Gasteiger partial charge in [0.05, 0.1) is 26.4 Å². The van der Waals surface area contributed by atoms with Crippen LogP contribution in [0, 0.1) is 17.8 Å². The Kier molecular flexibility index (Phi) is 8.92. The summed E-state index contributed by atoms with van der Waals surface area (Å²) in [7, 11) is -5.57. The van der Waals surface area contributed by atoms with Crippen molar-refractivity contribution in [3.05, 3.63) is 35.9 Å². The summed E-state index contributed by atoms with van der Waals surface area (Å²) >= 11 is 0. The molecule has 0 saturated carbocycles. The minimum Gasteiger partial charge on any atom is -0.376 e. The number of ether oxygens (including phenoxy) is 2. The van der Waals surface area contributed by atoms with Gasteiger partial charge in [0, 0.05) is 5.92 Å². The van der Waals surface area contributed by atoms with E-state index in [1.807, 2.05) is 37.3 Å². The molecule has 0 heterocycles. The molecule has 5 nitrogen and oxygen atoms in total. The average Bonchev–Trinajstić information content (AvgIpc) is 2.54. The Balaban J connectivity index is 2.12. The average molecular weight is 380 g/mol. The largest absolute Gasteiger partial charge is 0.523 e. The summed E-state index contributed by atoms with van der Waals surface area (Å²) < 4.78 is 71.3. The predicted octanol–water partition coefficient (Wildman–Crippen LogP) is 2.73. The lowest BCUT2D eigenvalue weighted by atomic mass is 10.2. The second-order valence-electron chi connectivity index (χ2n) is 5.00. The van der Waals surface area contributed by atoms with Gasteiger partial charge in [-0.15, -0.1) is 0 Å². The molecule has 0 aromatic heterocycles. The van der Waals surface area contributed by atoms with Gasteiger partial charge in [0.15, 0.2) is 0 Å². The van der Waals surface area contributed by atoms with E-state index >= 15 is 0 Å². The second-order valence-corrected chi connectivity index (χ2v) is 6.60. The lowest BCUT2D eigenvalue weighted by Crippen LogP contribution is -2.26. The van der Waals surface area contributed by atoms with Crippen molar-refractivity contribution in [1.29, 1.82) is 0 Å². The van der Waals surface area contributed by atoms with Gasteiger partial charge in [-0.3, -0.25) is 4.18 Å². The van der Waals surface area contributed by atoms with E-state index in [1.165, 1.54) is 0 Å². The van der Waals surface area contributed by atoms with Crippen LogP contribution >= 0.6 is 0 Å². The molecule has 0 aliphatic heterocycles. The van der Waals surface area contributed by atoms with Gasteiger partial charge in [0.1, 0.15) is 6.61 Å². The Morgan fingerprint density at radius 2 is 1.80 bits per heavy atom. The maximum Gasteiger partial charge on any atom is 0.523 e. The van der Waals surface area contributed by atoms with E-state index in [-0.39, 0.29) is 19.1 Å². The quantitative estimate of drug-likeness (QED) is 0.285. The zero-order valence-electron chi connectivity index (χ0n) is 13.6. The van der Waals surface area contributed by atoms with E-state index in [1.54, 1.807) is 0 Å².